The van der Waals surface area contributed by atoms with Crippen molar-refractivity contribution in [1.29, 1.82) is 0 Å². The quantitative estimate of drug-likeness (QED) is 0.291. The zero-order valence-corrected chi connectivity index (χ0v) is 24.2. The van der Waals surface area contributed by atoms with E-state index >= 15 is 0 Å². The molecule has 5 heterocycles. The fourth-order valence-corrected chi connectivity index (χ4v) is 5.64. The molecular weight excluding hydrogens is 526 g/mol. The third-order valence-corrected chi connectivity index (χ3v) is 7.98. The summed E-state index contributed by atoms with van der Waals surface area (Å²) in [6.07, 6.45) is 8.93. The van der Waals surface area contributed by atoms with Gasteiger partial charge in [0.15, 0.2) is 0 Å². The summed E-state index contributed by atoms with van der Waals surface area (Å²) in [4.78, 5) is 34.6. The predicted molar refractivity (Wildman–Crippen MR) is 166 cm³/mol. The number of likely N-dealkylation sites (N-methyl/N-ethyl adjacent to an activating group) is 1. The molecule has 2 saturated heterocycles. The highest BCUT2D eigenvalue weighted by Crippen LogP contribution is 2.21. The predicted octanol–water partition coefficient (Wildman–Crippen LogP) is 3.40. The van der Waals surface area contributed by atoms with Crippen molar-refractivity contribution in [2.24, 2.45) is 5.92 Å². The number of anilines is 3. The van der Waals surface area contributed by atoms with Crippen LogP contribution in [0.4, 0.5) is 17.3 Å². The number of aryl methyl sites for hydroxylation is 1. The van der Waals surface area contributed by atoms with Gasteiger partial charge in [0, 0.05) is 53.9 Å². The highest BCUT2D eigenvalue weighted by atomic mass is 16.1. The van der Waals surface area contributed by atoms with Crippen molar-refractivity contribution in [3.8, 4) is 11.8 Å². The van der Waals surface area contributed by atoms with Crippen LogP contribution in [0.1, 0.15) is 43.1 Å². The van der Waals surface area contributed by atoms with Crippen molar-refractivity contribution in [1.82, 2.24) is 34.7 Å². The molecule has 3 aromatic heterocycles. The number of rotatable bonds is 7. The lowest BCUT2D eigenvalue weighted by molar-refractivity contribution is 0.414. The number of nitrogens with zero attached hydrogens (tertiary/aromatic N) is 6. The zero-order valence-electron chi connectivity index (χ0n) is 24.2. The summed E-state index contributed by atoms with van der Waals surface area (Å²) < 4.78 is 1.66. The molecule has 1 atom stereocenters. The first-order chi connectivity index (χ1) is 20.6. The van der Waals surface area contributed by atoms with Gasteiger partial charge in [-0.1, -0.05) is 18.8 Å². The maximum atomic E-state index is 13.8. The van der Waals surface area contributed by atoms with Crippen LogP contribution in [0.3, 0.4) is 0 Å². The van der Waals surface area contributed by atoms with Gasteiger partial charge >= 0.3 is 0 Å². The van der Waals surface area contributed by atoms with Crippen molar-refractivity contribution in [2.75, 3.05) is 43.9 Å². The van der Waals surface area contributed by atoms with Gasteiger partial charge in [0.2, 0.25) is 5.95 Å². The Hall–Kier alpha value is -4.33. The van der Waals surface area contributed by atoms with Crippen LogP contribution in [0.25, 0.3) is 11.0 Å². The minimum atomic E-state index is -0.186. The number of benzene rings is 1. The first-order valence-electron chi connectivity index (χ1n) is 14.8. The lowest BCUT2D eigenvalue weighted by Gasteiger charge is -2.17. The molecule has 0 amide bonds. The highest BCUT2D eigenvalue weighted by Gasteiger charge is 2.19. The molecule has 3 N–H and O–H groups in total. The van der Waals surface area contributed by atoms with Gasteiger partial charge in [0.05, 0.1) is 23.5 Å². The van der Waals surface area contributed by atoms with Gasteiger partial charge in [-0.05, 0) is 82.7 Å². The molecule has 0 saturated carbocycles. The fraction of sp³-hybridized carbons (Fsp3) is 0.406. The Kier molecular flexibility index (Phi) is 8.40. The minimum Gasteiger partial charge on any atom is -0.381 e. The lowest BCUT2D eigenvalue weighted by Crippen LogP contribution is -2.27. The van der Waals surface area contributed by atoms with Crippen molar-refractivity contribution >= 4 is 28.4 Å². The number of hydrogen-bond donors (Lipinski definition) is 3. The standard InChI is InChI=1S/C32H37N9O/c1-3-28-29(35-16-15-34-28)21-41-30-24(18-23(31(41)42)5-4-22-10-13-33-14-11-22)19-36-32(39-30)38-26-8-6-25(7-9-26)37-27-12-17-40(2)20-27/h6-9,15-16,18-19,22,27,33,37H,3,10-14,17,20-21H2,1-2H3,(H,36,38,39). The van der Waals surface area contributed by atoms with Gasteiger partial charge in [-0.25, -0.2) is 4.98 Å². The van der Waals surface area contributed by atoms with Gasteiger partial charge in [-0.3, -0.25) is 19.3 Å². The molecule has 0 bridgehead atoms. The Morgan fingerprint density at radius 3 is 2.52 bits per heavy atom. The van der Waals surface area contributed by atoms with Crippen LogP contribution in [0.15, 0.2) is 53.7 Å². The topological polar surface area (TPSA) is 113 Å². The molecule has 6 rings (SSSR count). The zero-order chi connectivity index (χ0) is 28.9. The van der Waals surface area contributed by atoms with Gasteiger partial charge in [-0.2, -0.15) is 4.98 Å². The maximum absolute atomic E-state index is 13.8. The first kappa shape index (κ1) is 27.8. The second-order valence-electron chi connectivity index (χ2n) is 11.1. The van der Waals surface area contributed by atoms with E-state index in [0.717, 1.165) is 80.0 Å². The average Bonchev–Trinajstić information content (AvgIpc) is 3.43. The largest absolute Gasteiger partial charge is 0.381 e. The number of hydrogen-bond acceptors (Lipinski definition) is 9. The number of nitrogens with one attached hydrogen (secondary N) is 3. The van der Waals surface area contributed by atoms with E-state index in [1.165, 1.54) is 0 Å². The summed E-state index contributed by atoms with van der Waals surface area (Å²) in [5.74, 6) is 7.23. The summed E-state index contributed by atoms with van der Waals surface area (Å²) in [7, 11) is 2.15. The van der Waals surface area contributed by atoms with E-state index in [2.05, 4.69) is 66.8 Å². The summed E-state index contributed by atoms with van der Waals surface area (Å²) in [6.45, 7) is 6.36. The molecule has 2 aliphatic rings. The summed E-state index contributed by atoms with van der Waals surface area (Å²) in [5.41, 5.74) is 4.34. The fourth-order valence-electron chi connectivity index (χ4n) is 5.64. The molecular formula is C32H37N9O. The Bertz CT molecular complexity index is 1670. The van der Waals surface area contributed by atoms with E-state index in [1.54, 1.807) is 23.2 Å². The lowest BCUT2D eigenvalue weighted by atomic mass is 9.98. The number of piperidine rings is 1. The Morgan fingerprint density at radius 2 is 1.79 bits per heavy atom. The summed E-state index contributed by atoms with van der Waals surface area (Å²) in [6, 6.07) is 10.4. The van der Waals surface area contributed by atoms with Crippen LogP contribution in [-0.4, -0.2) is 68.7 Å². The van der Waals surface area contributed by atoms with E-state index in [-0.39, 0.29) is 18.0 Å². The molecule has 0 spiro atoms. The SMILES string of the molecule is CCc1nccnc1Cn1c(=O)c(C#CC2CCNCC2)cc2cnc(Nc3ccc(NC4CCN(C)C4)cc3)nc21. The number of fused-ring (bicyclic) bond motifs is 1. The summed E-state index contributed by atoms with van der Waals surface area (Å²) >= 11 is 0. The molecule has 10 nitrogen and oxygen atoms in total. The Balaban J connectivity index is 1.31. The molecule has 42 heavy (non-hydrogen) atoms. The van der Waals surface area contributed by atoms with Crippen LogP contribution in [-0.2, 0) is 13.0 Å². The smallest absolute Gasteiger partial charge is 0.268 e. The Labute approximate surface area is 246 Å². The van der Waals surface area contributed by atoms with Crippen LogP contribution in [0, 0.1) is 17.8 Å². The van der Waals surface area contributed by atoms with Gasteiger partial charge < -0.3 is 20.9 Å². The third-order valence-electron chi connectivity index (χ3n) is 7.98. The second kappa shape index (κ2) is 12.7. The molecule has 2 fully saturated rings. The van der Waals surface area contributed by atoms with Crippen molar-refractivity contribution < 1.29 is 0 Å². The number of pyridine rings is 1. The van der Waals surface area contributed by atoms with E-state index in [0.29, 0.717) is 23.2 Å². The van der Waals surface area contributed by atoms with E-state index in [1.807, 2.05) is 25.1 Å². The normalized spacial score (nSPS) is 17.6. The number of likely N-dealkylation sites (tertiary alicyclic amines) is 1. The van der Waals surface area contributed by atoms with Crippen molar-refractivity contribution in [3.63, 3.8) is 0 Å². The molecule has 4 aromatic rings. The molecule has 0 aliphatic carbocycles. The molecule has 2 aliphatic heterocycles. The van der Waals surface area contributed by atoms with Gasteiger partial charge in [-0.15, -0.1) is 0 Å². The highest BCUT2D eigenvalue weighted by molar-refractivity contribution is 5.77. The molecule has 0 radical (unpaired) electrons. The van der Waals surface area contributed by atoms with Gasteiger partial charge in [0.25, 0.3) is 5.56 Å². The first-order valence-corrected chi connectivity index (χ1v) is 14.8. The molecule has 10 heteroatoms. The van der Waals surface area contributed by atoms with Crippen LogP contribution in [0.5, 0.6) is 0 Å². The van der Waals surface area contributed by atoms with Gasteiger partial charge in [0.1, 0.15) is 5.65 Å². The average molecular weight is 564 g/mol. The van der Waals surface area contributed by atoms with Crippen LogP contribution >= 0.6 is 0 Å². The van der Waals surface area contributed by atoms with Crippen molar-refractivity contribution in [2.45, 2.75) is 45.2 Å². The Morgan fingerprint density at radius 1 is 1.02 bits per heavy atom. The summed E-state index contributed by atoms with van der Waals surface area (Å²) in [5, 5.41) is 11.0. The number of aromatic nitrogens is 5. The van der Waals surface area contributed by atoms with Crippen molar-refractivity contribution in [3.05, 3.63) is 76.2 Å². The molecule has 1 aromatic carbocycles. The van der Waals surface area contributed by atoms with E-state index in [4.69, 9.17) is 4.98 Å². The monoisotopic (exact) mass is 563 g/mol. The van der Waals surface area contributed by atoms with E-state index < -0.39 is 0 Å². The van der Waals surface area contributed by atoms with Crippen LogP contribution in [0.2, 0.25) is 0 Å². The third kappa shape index (κ3) is 6.43. The van der Waals surface area contributed by atoms with E-state index in [9.17, 15) is 4.79 Å². The molecule has 216 valence electrons. The second-order valence-corrected chi connectivity index (χ2v) is 11.1. The minimum absolute atomic E-state index is 0.186. The maximum Gasteiger partial charge on any atom is 0.268 e. The molecule has 1 unspecified atom stereocenters. The van der Waals surface area contributed by atoms with Crippen LogP contribution < -0.4 is 21.5 Å².